The molecule has 1 aliphatic heterocycles. The van der Waals surface area contributed by atoms with Gasteiger partial charge >= 0.3 is 12.2 Å². The maximum absolute atomic E-state index is 13.4. The quantitative estimate of drug-likeness (QED) is 0.546. The number of anilines is 2. The fraction of sp³-hybridized carbons (Fsp3) is 0.440. The lowest BCUT2D eigenvalue weighted by Crippen LogP contribution is -2.49. The highest BCUT2D eigenvalue weighted by molar-refractivity contribution is 6.02. The lowest BCUT2D eigenvalue weighted by molar-refractivity contribution is -0.137. The average Bonchev–Trinajstić information content (AvgIpc) is 2.80. The van der Waals surface area contributed by atoms with E-state index in [0.29, 0.717) is 24.5 Å². The van der Waals surface area contributed by atoms with Crippen molar-refractivity contribution in [1.29, 1.82) is 0 Å². The molecule has 0 saturated carbocycles. The number of aliphatic hydroxyl groups is 1. The predicted molar refractivity (Wildman–Crippen MR) is 130 cm³/mol. The number of fused-ring (bicyclic) bond motifs is 1. The number of ether oxygens (including phenoxy) is 1. The Kier molecular flexibility index (Phi) is 8.47. The van der Waals surface area contributed by atoms with Crippen LogP contribution in [0, 0.1) is 5.92 Å². The maximum atomic E-state index is 13.4. The van der Waals surface area contributed by atoms with Gasteiger partial charge < -0.3 is 30.3 Å². The van der Waals surface area contributed by atoms with E-state index in [1.54, 1.807) is 24.0 Å². The summed E-state index contributed by atoms with van der Waals surface area (Å²) < 4.78 is 44.4. The summed E-state index contributed by atoms with van der Waals surface area (Å²) in [6.07, 6.45) is -4.69. The normalized spacial score (nSPS) is 19.1. The second-order valence-electron chi connectivity index (χ2n) is 9.25. The molecule has 0 aliphatic carbocycles. The van der Waals surface area contributed by atoms with Crippen molar-refractivity contribution in [2.75, 3.05) is 44.4 Å². The van der Waals surface area contributed by atoms with E-state index in [1.807, 2.05) is 25.9 Å². The number of alkyl halides is 3. The first-order chi connectivity index (χ1) is 16.9. The van der Waals surface area contributed by atoms with E-state index in [-0.39, 0.29) is 35.8 Å². The van der Waals surface area contributed by atoms with Gasteiger partial charge in [-0.05, 0) is 63.5 Å². The van der Waals surface area contributed by atoms with Crippen LogP contribution in [0.1, 0.15) is 29.8 Å². The molecule has 0 radical (unpaired) electrons. The van der Waals surface area contributed by atoms with Gasteiger partial charge in [0.25, 0.3) is 5.91 Å². The van der Waals surface area contributed by atoms with Crippen LogP contribution >= 0.6 is 0 Å². The second kappa shape index (κ2) is 11.2. The van der Waals surface area contributed by atoms with Crippen LogP contribution in [0.3, 0.4) is 0 Å². The molecular weight excluding hydrogens is 477 g/mol. The minimum absolute atomic E-state index is 0.00851. The molecule has 2 aromatic carbocycles. The monoisotopic (exact) mass is 508 g/mol. The molecule has 0 bridgehead atoms. The summed E-state index contributed by atoms with van der Waals surface area (Å²) in [6, 6.07) is 7.61. The minimum atomic E-state index is -4.47. The summed E-state index contributed by atoms with van der Waals surface area (Å²) in [6.45, 7) is 4.54. The lowest BCUT2D eigenvalue weighted by Gasteiger charge is -2.37. The average molecular weight is 509 g/mol. The Balaban J connectivity index is 1.83. The Hall–Kier alpha value is -3.31. The van der Waals surface area contributed by atoms with Crippen LogP contribution in [0.2, 0.25) is 0 Å². The van der Waals surface area contributed by atoms with Gasteiger partial charge in [-0.3, -0.25) is 4.79 Å². The lowest BCUT2D eigenvalue weighted by atomic mass is 9.99. The number of carbonyl (C=O) groups is 2. The number of rotatable bonds is 6. The number of amides is 3. The van der Waals surface area contributed by atoms with E-state index in [9.17, 15) is 27.9 Å². The van der Waals surface area contributed by atoms with Crippen LogP contribution in [0.25, 0.3) is 0 Å². The van der Waals surface area contributed by atoms with Crippen LogP contribution in [0.15, 0.2) is 42.5 Å². The third-order valence-electron chi connectivity index (χ3n) is 5.94. The molecule has 0 fully saturated rings. The SMILES string of the molecule is C[C@@H]1CN([C@H](C)CO)C(=O)c2cc(NC(=O)Nc3ccc(C(F)(F)F)cc3)ccc2O[C@H]1CN(C)C. The fourth-order valence-corrected chi connectivity index (χ4v) is 3.91. The molecule has 0 unspecified atom stereocenters. The maximum Gasteiger partial charge on any atom is 0.416 e. The molecule has 3 atom stereocenters. The molecule has 2 aromatic rings. The number of nitrogens with zero attached hydrogens (tertiary/aromatic N) is 2. The molecule has 196 valence electrons. The predicted octanol–water partition coefficient (Wildman–Crippen LogP) is 4.13. The molecule has 0 aromatic heterocycles. The highest BCUT2D eigenvalue weighted by atomic mass is 19.4. The van der Waals surface area contributed by atoms with Crippen LogP contribution in [-0.2, 0) is 6.18 Å². The molecule has 36 heavy (non-hydrogen) atoms. The number of aliphatic hydroxyl groups excluding tert-OH is 1. The number of benzene rings is 2. The summed E-state index contributed by atoms with van der Waals surface area (Å²) in [4.78, 5) is 29.5. The molecule has 0 saturated heterocycles. The Morgan fingerprint density at radius 1 is 1.17 bits per heavy atom. The highest BCUT2D eigenvalue weighted by Gasteiger charge is 2.33. The molecule has 3 rings (SSSR count). The standard InChI is InChI=1S/C25H31F3N4O4/c1-15-12-32(16(2)14-33)23(34)20-11-19(9-10-21(20)36-22(15)13-31(3)4)30-24(35)29-18-7-5-17(6-8-18)25(26,27)28/h5-11,15-16,22,33H,12-14H2,1-4H3,(H2,29,30,35)/t15-,16-,22+/m1/s1. The number of carbonyl (C=O) groups excluding carboxylic acids is 2. The topological polar surface area (TPSA) is 94.1 Å². The Labute approximate surface area is 208 Å². The van der Waals surface area contributed by atoms with E-state index < -0.39 is 23.8 Å². The summed E-state index contributed by atoms with van der Waals surface area (Å²) in [5, 5.41) is 14.8. The Morgan fingerprint density at radius 3 is 2.36 bits per heavy atom. The number of likely N-dealkylation sites (N-methyl/N-ethyl adjacent to an activating group) is 1. The minimum Gasteiger partial charge on any atom is -0.488 e. The molecule has 3 amide bonds. The van der Waals surface area contributed by atoms with Gasteiger partial charge in [0.1, 0.15) is 11.9 Å². The Morgan fingerprint density at radius 2 is 1.78 bits per heavy atom. The number of nitrogens with one attached hydrogen (secondary N) is 2. The van der Waals surface area contributed by atoms with Crippen molar-refractivity contribution in [2.24, 2.45) is 5.92 Å². The van der Waals surface area contributed by atoms with Crippen LogP contribution in [-0.4, -0.2) is 72.8 Å². The summed E-state index contributed by atoms with van der Waals surface area (Å²) in [7, 11) is 3.86. The molecule has 1 aliphatic rings. The number of urea groups is 1. The fourth-order valence-electron chi connectivity index (χ4n) is 3.91. The van der Waals surface area contributed by atoms with Crippen molar-refractivity contribution in [2.45, 2.75) is 32.2 Å². The first-order valence-electron chi connectivity index (χ1n) is 11.5. The van der Waals surface area contributed by atoms with E-state index in [2.05, 4.69) is 10.6 Å². The first kappa shape index (κ1) is 27.3. The smallest absolute Gasteiger partial charge is 0.416 e. The second-order valence-corrected chi connectivity index (χ2v) is 9.25. The Bertz CT molecular complexity index is 1080. The molecule has 0 spiro atoms. The summed E-state index contributed by atoms with van der Waals surface area (Å²) >= 11 is 0. The van der Waals surface area contributed by atoms with Crippen LogP contribution < -0.4 is 15.4 Å². The van der Waals surface area contributed by atoms with Crippen molar-refractivity contribution >= 4 is 23.3 Å². The molecule has 8 nitrogen and oxygen atoms in total. The highest BCUT2D eigenvalue weighted by Crippen LogP contribution is 2.31. The van der Waals surface area contributed by atoms with Crippen molar-refractivity contribution < 1.29 is 32.6 Å². The first-order valence-corrected chi connectivity index (χ1v) is 11.5. The molecule has 11 heteroatoms. The van der Waals surface area contributed by atoms with Crippen LogP contribution in [0.5, 0.6) is 5.75 Å². The zero-order chi connectivity index (χ0) is 26.6. The molecule has 1 heterocycles. The van der Waals surface area contributed by atoms with Crippen molar-refractivity contribution in [1.82, 2.24) is 9.80 Å². The third kappa shape index (κ3) is 6.67. The van der Waals surface area contributed by atoms with E-state index in [0.717, 1.165) is 24.3 Å². The van der Waals surface area contributed by atoms with Gasteiger partial charge in [-0.2, -0.15) is 13.2 Å². The summed E-state index contributed by atoms with van der Waals surface area (Å²) in [5.74, 6) is 0.0153. The number of hydrogen-bond donors (Lipinski definition) is 3. The van der Waals surface area contributed by atoms with Crippen LogP contribution in [0.4, 0.5) is 29.3 Å². The van der Waals surface area contributed by atoms with Crippen molar-refractivity contribution in [3.8, 4) is 5.75 Å². The third-order valence-corrected chi connectivity index (χ3v) is 5.94. The van der Waals surface area contributed by atoms with Gasteiger partial charge in [0.05, 0.1) is 23.8 Å². The largest absolute Gasteiger partial charge is 0.488 e. The van der Waals surface area contributed by atoms with Crippen molar-refractivity contribution in [3.05, 3.63) is 53.6 Å². The van der Waals surface area contributed by atoms with Gasteiger partial charge in [-0.1, -0.05) is 6.92 Å². The van der Waals surface area contributed by atoms with Gasteiger partial charge in [-0.15, -0.1) is 0 Å². The zero-order valence-corrected chi connectivity index (χ0v) is 20.6. The molecule has 3 N–H and O–H groups in total. The van der Waals surface area contributed by atoms with Crippen molar-refractivity contribution in [3.63, 3.8) is 0 Å². The van der Waals surface area contributed by atoms with E-state index >= 15 is 0 Å². The van der Waals surface area contributed by atoms with Gasteiger partial charge in [-0.25, -0.2) is 4.79 Å². The van der Waals surface area contributed by atoms with Gasteiger partial charge in [0.15, 0.2) is 0 Å². The number of hydrogen-bond acceptors (Lipinski definition) is 5. The zero-order valence-electron chi connectivity index (χ0n) is 20.6. The van der Waals surface area contributed by atoms with E-state index in [4.69, 9.17) is 4.74 Å². The molecular formula is C25H31F3N4O4. The van der Waals surface area contributed by atoms with E-state index in [1.165, 1.54) is 6.07 Å². The summed E-state index contributed by atoms with van der Waals surface area (Å²) in [5.41, 5.74) is -0.116. The number of halogens is 3. The van der Waals surface area contributed by atoms with Gasteiger partial charge in [0, 0.05) is 30.4 Å². The van der Waals surface area contributed by atoms with Gasteiger partial charge in [0.2, 0.25) is 0 Å².